The fourth-order valence-corrected chi connectivity index (χ4v) is 2.90. The molecule has 6 heteroatoms. The molecule has 0 saturated heterocycles. The molecule has 0 aromatic heterocycles. The van der Waals surface area contributed by atoms with Crippen LogP contribution in [0.1, 0.15) is 16.7 Å². The van der Waals surface area contributed by atoms with Crippen LogP contribution in [0.5, 0.6) is 0 Å². The quantitative estimate of drug-likeness (QED) is 0.411. The van der Waals surface area contributed by atoms with Crippen molar-refractivity contribution >= 4 is 31.9 Å². The lowest BCUT2D eigenvalue weighted by Crippen LogP contribution is -2.05. The Labute approximate surface area is 137 Å². The van der Waals surface area contributed by atoms with Gasteiger partial charge in [0.05, 0.1) is 5.56 Å². The highest BCUT2D eigenvalue weighted by molar-refractivity contribution is 9.11. The predicted molar refractivity (Wildman–Crippen MR) is 82.7 cm³/mol. The van der Waals surface area contributed by atoms with Gasteiger partial charge in [0, 0.05) is 8.95 Å². The number of hydrogen-bond donors (Lipinski definition) is 0. The summed E-state index contributed by atoms with van der Waals surface area (Å²) in [4.78, 5) is 0. The van der Waals surface area contributed by atoms with Gasteiger partial charge in [0.15, 0.2) is 0 Å². The smallest absolute Gasteiger partial charge is 0.207 e. The summed E-state index contributed by atoms with van der Waals surface area (Å²) in [7, 11) is 0. The number of halogens is 6. The zero-order chi connectivity index (χ0) is 16.2. The standard InChI is InChI=1S/C9H9F3.C6H3Br2F/c1-6-3-7(2)5-8(4-6)9(10,11)12;7-4-1-5(8)3-6(9)2-4/h3-5H,1-2H3;1-3H. The first-order valence-electron chi connectivity index (χ1n) is 5.85. The van der Waals surface area contributed by atoms with Gasteiger partial charge < -0.3 is 0 Å². The van der Waals surface area contributed by atoms with Gasteiger partial charge >= 0.3 is 6.18 Å². The van der Waals surface area contributed by atoms with Crippen molar-refractivity contribution < 1.29 is 17.6 Å². The molecule has 0 radical (unpaired) electrons. The SMILES string of the molecule is Cc1cc(C)cc(C(F)(F)F)c1.Fc1cc(Br)cc(Br)c1. The minimum Gasteiger partial charge on any atom is -0.207 e. The first-order valence-corrected chi connectivity index (χ1v) is 7.43. The van der Waals surface area contributed by atoms with E-state index >= 15 is 0 Å². The number of hydrogen-bond acceptors (Lipinski definition) is 0. The van der Waals surface area contributed by atoms with E-state index < -0.39 is 11.7 Å². The van der Waals surface area contributed by atoms with E-state index in [2.05, 4.69) is 31.9 Å². The maximum atomic E-state index is 12.4. The Morgan fingerprint density at radius 2 is 1.19 bits per heavy atom. The summed E-state index contributed by atoms with van der Waals surface area (Å²) in [6.45, 7) is 3.31. The van der Waals surface area contributed by atoms with Gasteiger partial charge in [0.1, 0.15) is 5.82 Å². The summed E-state index contributed by atoms with van der Waals surface area (Å²) in [5.41, 5.74) is 0.713. The van der Waals surface area contributed by atoms with Crippen LogP contribution >= 0.6 is 31.9 Å². The molecule has 0 aliphatic heterocycles. The number of aryl methyl sites for hydroxylation is 2. The summed E-state index contributed by atoms with van der Waals surface area (Å²) in [5.74, 6) is -0.240. The van der Waals surface area contributed by atoms with Crippen LogP contribution < -0.4 is 0 Å². The van der Waals surface area contributed by atoms with Gasteiger partial charge in [-0.1, -0.05) is 49.1 Å². The Morgan fingerprint density at radius 1 is 0.762 bits per heavy atom. The summed E-state index contributed by atoms with van der Waals surface area (Å²) in [5, 5.41) is 0. The molecule has 21 heavy (non-hydrogen) atoms. The summed E-state index contributed by atoms with van der Waals surface area (Å²) < 4.78 is 50.3. The largest absolute Gasteiger partial charge is 0.416 e. The molecule has 0 bridgehead atoms. The lowest BCUT2D eigenvalue weighted by molar-refractivity contribution is -0.137. The van der Waals surface area contributed by atoms with Crippen LogP contribution in [0.3, 0.4) is 0 Å². The highest BCUT2D eigenvalue weighted by Gasteiger charge is 2.30. The van der Waals surface area contributed by atoms with Crippen molar-refractivity contribution in [1.29, 1.82) is 0 Å². The summed E-state index contributed by atoms with van der Waals surface area (Å²) >= 11 is 6.29. The first-order chi connectivity index (χ1) is 9.57. The molecule has 2 aromatic rings. The second-order valence-corrected chi connectivity index (χ2v) is 6.29. The van der Waals surface area contributed by atoms with Crippen molar-refractivity contribution in [1.82, 2.24) is 0 Å². The van der Waals surface area contributed by atoms with E-state index in [1.807, 2.05) is 0 Å². The topological polar surface area (TPSA) is 0 Å². The van der Waals surface area contributed by atoms with Crippen LogP contribution in [-0.2, 0) is 6.18 Å². The average molecular weight is 428 g/mol. The molecule has 2 aromatic carbocycles. The van der Waals surface area contributed by atoms with Gasteiger partial charge in [-0.25, -0.2) is 4.39 Å². The van der Waals surface area contributed by atoms with Crippen molar-refractivity contribution in [3.63, 3.8) is 0 Å². The van der Waals surface area contributed by atoms with Crippen LogP contribution in [0.25, 0.3) is 0 Å². The van der Waals surface area contributed by atoms with Crippen LogP contribution in [-0.4, -0.2) is 0 Å². The summed E-state index contributed by atoms with van der Waals surface area (Å²) in [6.07, 6.45) is -4.23. The normalized spacial score (nSPS) is 10.9. The third-order valence-electron chi connectivity index (χ3n) is 2.38. The molecule has 0 unspecified atom stereocenters. The van der Waals surface area contributed by atoms with Crippen molar-refractivity contribution in [2.75, 3.05) is 0 Å². The monoisotopic (exact) mass is 426 g/mol. The van der Waals surface area contributed by atoms with E-state index in [9.17, 15) is 17.6 Å². The molecule has 0 fully saturated rings. The molecule has 114 valence electrons. The number of benzene rings is 2. The van der Waals surface area contributed by atoms with Gasteiger partial charge in [0.25, 0.3) is 0 Å². The predicted octanol–water partition coefficient (Wildman–Crippen LogP) is 6.67. The molecular weight excluding hydrogens is 416 g/mol. The fourth-order valence-electron chi connectivity index (χ4n) is 1.66. The maximum Gasteiger partial charge on any atom is 0.416 e. The lowest BCUT2D eigenvalue weighted by atomic mass is 10.1. The second kappa shape index (κ2) is 7.40. The van der Waals surface area contributed by atoms with Crippen LogP contribution in [0.15, 0.2) is 45.3 Å². The third-order valence-corrected chi connectivity index (χ3v) is 3.29. The second-order valence-electron chi connectivity index (χ2n) is 4.46. The van der Waals surface area contributed by atoms with Crippen molar-refractivity contribution in [3.05, 3.63) is 67.9 Å². The summed E-state index contributed by atoms with van der Waals surface area (Å²) in [6, 6.07) is 8.60. The molecule has 0 amide bonds. The van der Waals surface area contributed by atoms with Gasteiger partial charge in [-0.05, 0) is 44.2 Å². The molecule has 0 spiro atoms. The molecule has 0 nitrogen and oxygen atoms in total. The van der Waals surface area contributed by atoms with Crippen LogP contribution in [0, 0.1) is 19.7 Å². The Balaban J connectivity index is 0.000000219. The van der Waals surface area contributed by atoms with E-state index in [-0.39, 0.29) is 5.82 Å². The first kappa shape index (κ1) is 18.2. The molecule has 0 heterocycles. The Hall–Kier alpha value is -0.880. The van der Waals surface area contributed by atoms with Gasteiger partial charge in [0.2, 0.25) is 0 Å². The zero-order valence-corrected chi connectivity index (χ0v) is 14.4. The van der Waals surface area contributed by atoms with E-state index in [0.717, 1.165) is 21.1 Å². The van der Waals surface area contributed by atoms with E-state index in [4.69, 9.17) is 0 Å². The van der Waals surface area contributed by atoms with Crippen molar-refractivity contribution in [3.8, 4) is 0 Å². The fraction of sp³-hybridized carbons (Fsp3) is 0.200. The molecular formula is C15H12Br2F4. The molecule has 2 rings (SSSR count). The minimum atomic E-state index is -4.23. The van der Waals surface area contributed by atoms with E-state index in [0.29, 0.717) is 11.1 Å². The Morgan fingerprint density at radius 3 is 1.52 bits per heavy atom. The van der Waals surface area contributed by atoms with Crippen LogP contribution in [0.4, 0.5) is 17.6 Å². The number of rotatable bonds is 0. The molecule has 0 N–H and O–H groups in total. The molecule has 0 aliphatic carbocycles. The van der Waals surface area contributed by atoms with Gasteiger partial charge in [-0.15, -0.1) is 0 Å². The third kappa shape index (κ3) is 6.61. The molecule has 0 saturated carbocycles. The maximum absolute atomic E-state index is 12.4. The number of alkyl halides is 3. The zero-order valence-electron chi connectivity index (χ0n) is 11.2. The van der Waals surface area contributed by atoms with E-state index in [1.54, 1.807) is 26.0 Å². The van der Waals surface area contributed by atoms with Crippen molar-refractivity contribution in [2.45, 2.75) is 20.0 Å². The van der Waals surface area contributed by atoms with E-state index in [1.165, 1.54) is 12.1 Å². The van der Waals surface area contributed by atoms with Crippen LogP contribution in [0.2, 0.25) is 0 Å². The highest BCUT2D eigenvalue weighted by Crippen LogP contribution is 2.30. The van der Waals surface area contributed by atoms with Crippen molar-refractivity contribution in [2.24, 2.45) is 0 Å². The average Bonchev–Trinajstić information content (AvgIpc) is 2.24. The minimum absolute atomic E-state index is 0.240. The lowest BCUT2D eigenvalue weighted by Gasteiger charge is -2.08. The highest BCUT2D eigenvalue weighted by atomic mass is 79.9. The Bertz CT molecular complexity index is 551. The van der Waals surface area contributed by atoms with Gasteiger partial charge in [-0.2, -0.15) is 13.2 Å². The molecule has 0 atom stereocenters. The Kier molecular flexibility index (Phi) is 6.41. The molecule has 0 aliphatic rings. The van der Waals surface area contributed by atoms with Gasteiger partial charge in [-0.3, -0.25) is 0 Å².